The van der Waals surface area contributed by atoms with Crippen LogP contribution in [0.4, 0.5) is 0 Å². The zero-order valence-corrected chi connectivity index (χ0v) is 10.6. The van der Waals surface area contributed by atoms with E-state index < -0.39 is 6.10 Å². The maximum Gasteiger partial charge on any atom is 0.220 e. The molecule has 1 saturated carbocycles. The lowest BCUT2D eigenvalue weighted by Gasteiger charge is -2.34. The van der Waals surface area contributed by atoms with Crippen LogP contribution >= 0.6 is 0 Å². The van der Waals surface area contributed by atoms with Crippen molar-refractivity contribution in [3.8, 4) is 0 Å². The molecule has 5 nitrogen and oxygen atoms in total. The molecule has 0 spiro atoms. The van der Waals surface area contributed by atoms with Crippen LogP contribution in [0.3, 0.4) is 0 Å². The van der Waals surface area contributed by atoms with E-state index in [2.05, 4.69) is 5.32 Å². The predicted octanol–water partition coefficient (Wildman–Crippen LogP) is 0.315. The fraction of sp³-hybridized carbons (Fsp3) is 0.917. The quantitative estimate of drug-likeness (QED) is 0.646. The second-order valence-electron chi connectivity index (χ2n) is 4.53. The van der Waals surface area contributed by atoms with Crippen LogP contribution in [-0.2, 0) is 14.3 Å². The van der Waals surface area contributed by atoms with E-state index >= 15 is 0 Å². The largest absolute Gasteiger partial charge is 0.389 e. The summed E-state index contributed by atoms with van der Waals surface area (Å²) in [5.74, 6) is 0.436. The first kappa shape index (κ1) is 14.4. The predicted molar refractivity (Wildman–Crippen MR) is 63.6 cm³/mol. The summed E-state index contributed by atoms with van der Waals surface area (Å²) in [7, 11) is 1.52. The Labute approximate surface area is 102 Å². The Hall–Kier alpha value is -0.650. The molecule has 1 rings (SSSR count). The first-order chi connectivity index (χ1) is 8.15. The Bertz CT molecular complexity index is 229. The summed E-state index contributed by atoms with van der Waals surface area (Å²) in [6.45, 7) is 3.23. The molecule has 2 N–H and O–H groups in total. The Morgan fingerprint density at radius 1 is 1.53 bits per heavy atom. The van der Waals surface area contributed by atoms with Gasteiger partial charge < -0.3 is 19.9 Å². The minimum Gasteiger partial charge on any atom is -0.389 e. The number of rotatable bonds is 8. The number of nitrogens with one attached hydrogen (secondary N) is 1. The van der Waals surface area contributed by atoms with Crippen molar-refractivity contribution in [3.05, 3.63) is 0 Å². The molecule has 5 heteroatoms. The van der Waals surface area contributed by atoms with Gasteiger partial charge in [-0.1, -0.05) is 0 Å². The van der Waals surface area contributed by atoms with E-state index in [0.717, 1.165) is 19.4 Å². The van der Waals surface area contributed by atoms with Crippen LogP contribution in [0.25, 0.3) is 0 Å². The number of aliphatic hydroxyl groups is 1. The SMILES string of the molecule is CCOC1CC(CC(=O)NCC(O)COC)C1. The highest BCUT2D eigenvalue weighted by molar-refractivity contribution is 5.76. The third kappa shape index (κ3) is 5.48. The van der Waals surface area contributed by atoms with Gasteiger partial charge >= 0.3 is 0 Å². The van der Waals surface area contributed by atoms with E-state index in [9.17, 15) is 9.90 Å². The van der Waals surface area contributed by atoms with Crippen LogP contribution in [0.1, 0.15) is 26.2 Å². The average molecular weight is 245 g/mol. The van der Waals surface area contributed by atoms with Crippen molar-refractivity contribution in [1.82, 2.24) is 5.32 Å². The van der Waals surface area contributed by atoms with Crippen LogP contribution < -0.4 is 5.32 Å². The molecule has 100 valence electrons. The average Bonchev–Trinajstić information content (AvgIpc) is 2.24. The lowest BCUT2D eigenvalue weighted by Crippen LogP contribution is -2.38. The molecule has 0 radical (unpaired) electrons. The third-order valence-electron chi connectivity index (χ3n) is 2.96. The van der Waals surface area contributed by atoms with Gasteiger partial charge in [-0.15, -0.1) is 0 Å². The van der Waals surface area contributed by atoms with Gasteiger partial charge in [-0.25, -0.2) is 0 Å². The maximum absolute atomic E-state index is 11.5. The zero-order valence-electron chi connectivity index (χ0n) is 10.6. The van der Waals surface area contributed by atoms with Gasteiger partial charge in [0.05, 0.1) is 18.8 Å². The van der Waals surface area contributed by atoms with Crippen molar-refractivity contribution in [2.24, 2.45) is 5.92 Å². The molecule has 0 aliphatic heterocycles. The highest BCUT2D eigenvalue weighted by Gasteiger charge is 2.30. The Kier molecular flexibility index (Phi) is 6.47. The van der Waals surface area contributed by atoms with Gasteiger partial charge in [0.2, 0.25) is 5.91 Å². The fourth-order valence-corrected chi connectivity index (χ4v) is 2.03. The summed E-state index contributed by atoms with van der Waals surface area (Å²) in [5.41, 5.74) is 0. The topological polar surface area (TPSA) is 67.8 Å². The highest BCUT2D eigenvalue weighted by atomic mass is 16.5. The fourth-order valence-electron chi connectivity index (χ4n) is 2.03. The summed E-state index contributed by atoms with van der Waals surface area (Å²) in [4.78, 5) is 11.5. The Balaban J connectivity index is 2.03. The van der Waals surface area contributed by atoms with Crippen molar-refractivity contribution in [2.45, 2.75) is 38.4 Å². The van der Waals surface area contributed by atoms with E-state index in [1.165, 1.54) is 7.11 Å². The smallest absolute Gasteiger partial charge is 0.220 e. The van der Waals surface area contributed by atoms with E-state index in [-0.39, 0.29) is 19.1 Å². The van der Waals surface area contributed by atoms with Crippen LogP contribution in [0.15, 0.2) is 0 Å². The van der Waals surface area contributed by atoms with Crippen LogP contribution in [0.5, 0.6) is 0 Å². The normalized spacial score (nSPS) is 25.1. The van der Waals surface area contributed by atoms with Gasteiger partial charge in [0.1, 0.15) is 0 Å². The standard InChI is InChI=1S/C12H23NO4/c1-3-17-11-4-9(5-11)6-12(15)13-7-10(14)8-16-2/h9-11,14H,3-8H2,1-2H3,(H,13,15). The number of hydrogen-bond donors (Lipinski definition) is 2. The molecule has 1 aliphatic carbocycles. The summed E-state index contributed by atoms with van der Waals surface area (Å²) in [5, 5.41) is 12.1. The first-order valence-corrected chi connectivity index (χ1v) is 6.21. The molecule has 1 unspecified atom stereocenters. The lowest BCUT2D eigenvalue weighted by molar-refractivity contribution is -0.124. The number of hydrogen-bond acceptors (Lipinski definition) is 4. The molecule has 0 aromatic rings. The summed E-state index contributed by atoms with van der Waals surface area (Å²) < 4.78 is 10.2. The Morgan fingerprint density at radius 2 is 2.24 bits per heavy atom. The van der Waals surface area contributed by atoms with Gasteiger partial charge in [-0.3, -0.25) is 4.79 Å². The van der Waals surface area contributed by atoms with E-state index in [4.69, 9.17) is 9.47 Å². The molecule has 1 amide bonds. The number of methoxy groups -OCH3 is 1. The molecule has 1 aliphatic rings. The number of ether oxygens (including phenoxy) is 2. The first-order valence-electron chi connectivity index (χ1n) is 6.21. The van der Waals surface area contributed by atoms with Gasteiger partial charge in [0, 0.05) is 26.7 Å². The van der Waals surface area contributed by atoms with Gasteiger partial charge in [-0.05, 0) is 25.7 Å². The van der Waals surface area contributed by atoms with E-state index in [0.29, 0.717) is 18.4 Å². The second-order valence-corrected chi connectivity index (χ2v) is 4.53. The molecular formula is C12H23NO4. The van der Waals surface area contributed by atoms with Crippen molar-refractivity contribution in [3.63, 3.8) is 0 Å². The third-order valence-corrected chi connectivity index (χ3v) is 2.96. The van der Waals surface area contributed by atoms with Crippen LogP contribution in [-0.4, -0.2) is 50.1 Å². The van der Waals surface area contributed by atoms with Crippen molar-refractivity contribution in [1.29, 1.82) is 0 Å². The Morgan fingerprint density at radius 3 is 2.82 bits per heavy atom. The molecule has 0 bridgehead atoms. The molecule has 0 saturated heterocycles. The molecular weight excluding hydrogens is 222 g/mol. The van der Waals surface area contributed by atoms with Gasteiger partial charge in [-0.2, -0.15) is 0 Å². The molecule has 1 fully saturated rings. The van der Waals surface area contributed by atoms with Crippen molar-refractivity contribution in [2.75, 3.05) is 26.9 Å². The van der Waals surface area contributed by atoms with E-state index in [1.807, 2.05) is 6.92 Å². The monoisotopic (exact) mass is 245 g/mol. The van der Waals surface area contributed by atoms with Crippen molar-refractivity contribution >= 4 is 5.91 Å². The number of amides is 1. The van der Waals surface area contributed by atoms with Crippen LogP contribution in [0, 0.1) is 5.92 Å². The summed E-state index contributed by atoms with van der Waals surface area (Å²) in [6.07, 6.45) is 2.20. The minimum absolute atomic E-state index is 0.0000940. The summed E-state index contributed by atoms with van der Waals surface area (Å²) in [6, 6.07) is 0. The molecule has 17 heavy (non-hydrogen) atoms. The molecule has 0 aromatic carbocycles. The molecule has 1 atom stereocenters. The number of aliphatic hydroxyl groups excluding tert-OH is 1. The second kappa shape index (κ2) is 7.63. The maximum atomic E-state index is 11.5. The lowest BCUT2D eigenvalue weighted by atomic mass is 9.80. The number of carbonyl (C=O) groups excluding carboxylic acids is 1. The van der Waals surface area contributed by atoms with Crippen molar-refractivity contribution < 1.29 is 19.4 Å². The van der Waals surface area contributed by atoms with Gasteiger partial charge in [0.15, 0.2) is 0 Å². The van der Waals surface area contributed by atoms with Crippen LogP contribution in [0.2, 0.25) is 0 Å². The minimum atomic E-state index is -0.624. The summed E-state index contributed by atoms with van der Waals surface area (Å²) >= 11 is 0. The zero-order chi connectivity index (χ0) is 12.7. The van der Waals surface area contributed by atoms with E-state index in [1.54, 1.807) is 0 Å². The molecule has 0 aromatic heterocycles. The van der Waals surface area contributed by atoms with Gasteiger partial charge in [0.25, 0.3) is 0 Å². The molecule has 0 heterocycles. The number of carbonyl (C=O) groups is 1. The highest BCUT2D eigenvalue weighted by Crippen LogP contribution is 2.32.